The lowest BCUT2D eigenvalue weighted by Gasteiger charge is -2.10. The molecule has 140 valence electrons. The molecular formula is C24H17FN4. The molecule has 4 nitrogen and oxygen atoms in total. The summed E-state index contributed by atoms with van der Waals surface area (Å²) < 4.78 is 17.4. The third kappa shape index (κ3) is 3.12. The van der Waals surface area contributed by atoms with Crippen LogP contribution in [0.4, 0.5) is 4.39 Å². The molecule has 3 aromatic carbocycles. The second-order valence-electron chi connectivity index (χ2n) is 6.63. The first-order valence-corrected chi connectivity index (χ1v) is 9.31. The van der Waals surface area contributed by atoms with Crippen LogP contribution in [0.1, 0.15) is 0 Å². The Kier molecular flexibility index (Phi) is 4.26. The van der Waals surface area contributed by atoms with E-state index in [1.54, 1.807) is 4.68 Å². The first-order chi connectivity index (χ1) is 14.3. The normalized spacial score (nSPS) is 10.9. The summed E-state index contributed by atoms with van der Waals surface area (Å²) >= 11 is 0. The molecule has 0 bridgehead atoms. The SMILES string of the molecule is Fc1cnn(-c2c(-c3ccccc3)nn(-c3ccccc3)c2-c2ccccc2)c1. The van der Waals surface area contributed by atoms with Gasteiger partial charge in [0.05, 0.1) is 18.1 Å². The number of nitrogens with zero attached hydrogens (tertiary/aromatic N) is 4. The third-order valence-electron chi connectivity index (χ3n) is 4.74. The highest BCUT2D eigenvalue weighted by molar-refractivity contribution is 5.82. The number of aromatic nitrogens is 4. The lowest BCUT2D eigenvalue weighted by atomic mass is 10.1. The fraction of sp³-hybridized carbons (Fsp3) is 0. The standard InChI is InChI=1S/C24H17FN4/c25-20-16-26-28(17-20)24-22(18-10-4-1-5-11-18)27-29(21-14-8-3-9-15-21)23(24)19-12-6-2-7-13-19/h1-17H. The molecule has 5 aromatic rings. The van der Waals surface area contributed by atoms with Crippen molar-refractivity contribution in [2.24, 2.45) is 0 Å². The summed E-state index contributed by atoms with van der Waals surface area (Å²) in [5, 5.41) is 9.20. The number of benzene rings is 3. The van der Waals surface area contributed by atoms with Crippen LogP contribution in [0.3, 0.4) is 0 Å². The topological polar surface area (TPSA) is 35.6 Å². The number of rotatable bonds is 4. The molecule has 2 aromatic heterocycles. The Hall–Kier alpha value is -3.99. The molecule has 0 N–H and O–H groups in total. The Balaban J connectivity index is 1.88. The van der Waals surface area contributed by atoms with Gasteiger partial charge in [-0.05, 0) is 12.1 Å². The molecule has 5 rings (SSSR count). The van der Waals surface area contributed by atoms with Gasteiger partial charge in [0, 0.05) is 11.1 Å². The van der Waals surface area contributed by atoms with Crippen LogP contribution in [0.25, 0.3) is 33.9 Å². The Bertz CT molecular complexity index is 1240. The van der Waals surface area contributed by atoms with Gasteiger partial charge in [0.1, 0.15) is 17.1 Å². The number of hydrogen-bond donors (Lipinski definition) is 0. The minimum atomic E-state index is -0.393. The summed E-state index contributed by atoms with van der Waals surface area (Å²) in [7, 11) is 0. The van der Waals surface area contributed by atoms with Gasteiger partial charge in [0.25, 0.3) is 0 Å². The molecule has 0 spiro atoms. The molecule has 0 amide bonds. The highest BCUT2D eigenvalue weighted by atomic mass is 19.1. The highest BCUT2D eigenvalue weighted by Gasteiger charge is 2.23. The van der Waals surface area contributed by atoms with Gasteiger partial charge in [0.2, 0.25) is 0 Å². The van der Waals surface area contributed by atoms with Crippen molar-refractivity contribution < 1.29 is 4.39 Å². The monoisotopic (exact) mass is 380 g/mol. The zero-order chi connectivity index (χ0) is 19.6. The van der Waals surface area contributed by atoms with Gasteiger partial charge in [-0.1, -0.05) is 78.9 Å². The molecule has 0 saturated carbocycles. The summed E-state index contributed by atoms with van der Waals surface area (Å²) in [4.78, 5) is 0. The maximum atomic E-state index is 13.9. The largest absolute Gasteiger partial charge is 0.233 e. The van der Waals surface area contributed by atoms with Gasteiger partial charge in [-0.25, -0.2) is 13.8 Å². The molecule has 0 atom stereocenters. The Morgan fingerprint density at radius 3 is 1.86 bits per heavy atom. The first-order valence-electron chi connectivity index (χ1n) is 9.31. The van der Waals surface area contributed by atoms with E-state index in [-0.39, 0.29) is 0 Å². The van der Waals surface area contributed by atoms with Gasteiger partial charge in [-0.2, -0.15) is 10.2 Å². The second kappa shape index (κ2) is 7.20. The van der Waals surface area contributed by atoms with Crippen molar-refractivity contribution in [1.82, 2.24) is 19.6 Å². The zero-order valence-electron chi connectivity index (χ0n) is 15.5. The summed E-state index contributed by atoms with van der Waals surface area (Å²) in [6.45, 7) is 0. The van der Waals surface area contributed by atoms with E-state index in [2.05, 4.69) is 5.10 Å². The average molecular weight is 380 g/mol. The van der Waals surface area contributed by atoms with Gasteiger partial charge in [-0.15, -0.1) is 0 Å². The minimum Gasteiger partial charge on any atom is -0.233 e. The van der Waals surface area contributed by atoms with E-state index in [0.29, 0.717) is 0 Å². The molecule has 0 saturated heterocycles. The van der Waals surface area contributed by atoms with E-state index in [4.69, 9.17) is 5.10 Å². The van der Waals surface area contributed by atoms with Crippen LogP contribution in [0, 0.1) is 5.82 Å². The predicted octanol–water partition coefficient (Wildman–Crippen LogP) is 5.53. The van der Waals surface area contributed by atoms with Crippen LogP contribution in [0.5, 0.6) is 0 Å². The molecule has 0 aliphatic carbocycles. The molecule has 5 heteroatoms. The quantitative estimate of drug-likeness (QED) is 0.411. The second-order valence-corrected chi connectivity index (χ2v) is 6.63. The van der Waals surface area contributed by atoms with Crippen molar-refractivity contribution in [3.05, 3.63) is 109 Å². The fourth-order valence-electron chi connectivity index (χ4n) is 3.45. The molecule has 2 heterocycles. The maximum Gasteiger partial charge on any atom is 0.161 e. The van der Waals surface area contributed by atoms with Crippen molar-refractivity contribution in [2.45, 2.75) is 0 Å². The smallest absolute Gasteiger partial charge is 0.161 e. The van der Waals surface area contributed by atoms with Crippen LogP contribution < -0.4 is 0 Å². The van der Waals surface area contributed by atoms with Crippen LogP contribution in [0.15, 0.2) is 103 Å². The number of halogens is 1. The highest BCUT2D eigenvalue weighted by Crippen LogP contribution is 2.36. The van der Waals surface area contributed by atoms with E-state index in [9.17, 15) is 4.39 Å². The molecule has 29 heavy (non-hydrogen) atoms. The summed E-state index contributed by atoms with van der Waals surface area (Å²) in [5.41, 5.74) is 5.13. The van der Waals surface area contributed by atoms with E-state index < -0.39 is 5.82 Å². The Morgan fingerprint density at radius 1 is 0.690 bits per heavy atom. The third-order valence-corrected chi connectivity index (χ3v) is 4.74. The lowest BCUT2D eigenvalue weighted by Crippen LogP contribution is -2.01. The van der Waals surface area contributed by atoms with E-state index >= 15 is 0 Å². The Morgan fingerprint density at radius 2 is 1.28 bits per heavy atom. The first kappa shape index (κ1) is 17.1. The molecule has 0 aliphatic rings. The van der Waals surface area contributed by atoms with Crippen LogP contribution in [0.2, 0.25) is 0 Å². The number of para-hydroxylation sites is 1. The van der Waals surface area contributed by atoms with Gasteiger partial charge in [-0.3, -0.25) is 0 Å². The molecule has 0 radical (unpaired) electrons. The molecule has 0 unspecified atom stereocenters. The number of hydrogen-bond acceptors (Lipinski definition) is 2. The van der Waals surface area contributed by atoms with E-state index in [1.165, 1.54) is 12.4 Å². The van der Waals surface area contributed by atoms with Gasteiger partial charge >= 0.3 is 0 Å². The van der Waals surface area contributed by atoms with Gasteiger partial charge in [0.15, 0.2) is 5.82 Å². The minimum absolute atomic E-state index is 0.393. The summed E-state index contributed by atoms with van der Waals surface area (Å²) in [5.74, 6) is -0.393. The van der Waals surface area contributed by atoms with Crippen LogP contribution in [-0.4, -0.2) is 19.6 Å². The maximum absolute atomic E-state index is 13.9. The Labute approximate surface area is 167 Å². The molecule has 0 aliphatic heterocycles. The van der Waals surface area contributed by atoms with Crippen molar-refractivity contribution in [2.75, 3.05) is 0 Å². The van der Waals surface area contributed by atoms with Crippen molar-refractivity contribution in [3.8, 4) is 33.9 Å². The van der Waals surface area contributed by atoms with Crippen LogP contribution >= 0.6 is 0 Å². The lowest BCUT2D eigenvalue weighted by molar-refractivity contribution is 0.627. The zero-order valence-corrected chi connectivity index (χ0v) is 15.5. The summed E-state index contributed by atoms with van der Waals surface area (Å²) in [6, 6.07) is 29.8. The average Bonchev–Trinajstić information content (AvgIpc) is 3.39. The van der Waals surface area contributed by atoms with E-state index in [1.807, 2.05) is 95.7 Å². The fourth-order valence-corrected chi connectivity index (χ4v) is 3.45. The van der Waals surface area contributed by atoms with Crippen LogP contribution in [-0.2, 0) is 0 Å². The summed E-state index contributed by atoms with van der Waals surface area (Å²) in [6.07, 6.45) is 2.59. The van der Waals surface area contributed by atoms with Crippen molar-refractivity contribution in [3.63, 3.8) is 0 Å². The van der Waals surface area contributed by atoms with E-state index in [0.717, 1.165) is 33.9 Å². The van der Waals surface area contributed by atoms with Gasteiger partial charge < -0.3 is 0 Å². The molecular weight excluding hydrogens is 363 g/mol. The van der Waals surface area contributed by atoms with Crippen molar-refractivity contribution in [1.29, 1.82) is 0 Å². The predicted molar refractivity (Wildman–Crippen MR) is 112 cm³/mol. The molecule has 0 fully saturated rings. The van der Waals surface area contributed by atoms with Crippen molar-refractivity contribution >= 4 is 0 Å².